The minimum atomic E-state index is -0.497. The van der Waals surface area contributed by atoms with Crippen LogP contribution in [0.2, 0.25) is 0 Å². The summed E-state index contributed by atoms with van der Waals surface area (Å²) in [5.74, 6) is 1.89. The van der Waals surface area contributed by atoms with Gasteiger partial charge in [-0.05, 0) is 26.3 Å². The van der Waals surface area contributed by atoms with Gasteiger partial charge < -0.3 is 9.47 Å². The molecule has 1 fully saturated rings. The Kier molecular flexibility index (Phi) is 4.57. The summed E-state index contributed by atoms with van der Waals surface area (Å²) >= 11 is 1.74. The van der Waals surface area contributed by atoms with Gasteiger partial charge in [0.15, 0.2) is 0 Å². The molecule has 2 atom stereocenters. The topological polar surface area (TPSA) is 18.5 Å². The second-order valence-corrected chi connectivity index (χ2v) is 6.02. The molecule has 0 amide bonds. The van der Waals surface area contributed by atoms with Gasteiger partial charge in [-0.1, -0.05) is 31.5 Å². The molecule has 1 radical (unpaired) electrons. The monoisotopic (exact) mass is 265 g/mol. The van der Waals surface area contributed by atoms with E-state index in [0.29, 0.717) is 0 Å². The Morgan fingerprint density at radius 3 is 2.94 bits per heavy atom. The molecule has 0 spiro atoms. The number of hydrogen-bond acceptors (Lipinski definition) is 3. The van der Waals surface area contributed by atoms with E-state index in [9.17, 15) is 0 Å². The smallest absolute Gasteiger partial charge is 0.143 e. The molecular weight excluding hydrogens is 244 g/mol. The van der Waals surface area contributed by atoms with Crippen LogP contribution in [-0.2, 0) is 9.67 Å². The second kappa shape index (κ2) is 5.98. The maximum absolute atomic E-state index is 6.03. The quantitative estimate of drug-likeness (QED) is 0.801. The molecule has 0 saturated carbocycles. The third kappa shape index (κ3) is 3.01. The van der Waals surface area contributed by atoms with E-state index in [1.54, 1.807) is 11.8 Å². The molecular formula is C15H21O2S. The van der Waals surface area contributed by atoms with Gasteiger partial charge in [0.25, 0.3) is 0 Å². The molecule has 3 heteroatoms. The zero-order chi connectivity index (χ0) is 13.0. The van der Waals surface area contributed by atoms with Crippen molar-refractivity contribution in [3.63, 3.8) is 0 Å². The Balaban J connectivity index is 2.20. The van der Waals surface area contributed by atoms with Crippen LogP contribution in [0, 0.1) is 6.92 Å². The molecule has 99 valence electrons. The van der Waals surface area contributed by atoms with E-state index in [4.69, 9.17) is 9.47 Å². The number of hydrogen-bond donors (Lipinski definition) is 0. The van der Waals surface area contributed by atoms with Crippen molar-refractivity contribution in [3.05, 3.63) is 36.8 Å². The fourth-order valence-corrected chi connectivity index (χ4v) is 3.16. The summed E-state index contributed by atoms with van der Waals surface area (Å²) in [6.45, 7) is 9.25. The van der Waals surface area contributed by atoms with Gasteiger partial charge in [0, 0.05) is 11.3 Å². The highest BCUT2D eigenvalue weighted by atomic mass is 32.2. The highest BCUT2D eigenvalue weighted by Crippen LogP contribution is 2.45. The van der Waals surface area contributed by atoms with Gasteiger partial charge >= 0.3 is 0 Å². The van der Waals surface area contributed by atoms with Crippen molar-refractivity contribution in [2.75, 3.05) is 12.4 Å². The maximum atomic E-state index is 6.03. The minimum Gasteiger partial charge on any atom is -0.490 e. The van der Waals surface area contributed by atoms with Crippen LogP contribution in [0.3, 0.4) is 0 Å². The molecule has 0 aliphatic carbocycles. The second-order valence-electron chi connectivity index (χ2n) is 4.66. The summed E-state index contributed by atoms with van der Waals surface area (Å²) in [4.78, 5) is -0.497. The summed E-state index contributed by atoms with van der Waals surface area (Å²) in [7, 11) is 0. The number of rotatable bonds is 5. The molecule has 0 N–H and O–H groups in total. The summed E-state index contributed by atoms with van der Waals surface area (Å²) in [5.41, 5.74) is 1.05. The van der Waals surface area contributed by atoms with Gasteiger partial charge in [-0.2, -0.15) is 0 Å². The van der Waals surface area contributed by atoms with E-state index >= 15 is 0 Å². The van der Waals surface area contributed by atoms with Crippen molar-refractivity contribution in [2.24, 2.45) is 0 Å². The van der Waals surface area contributed by atoms with Crippen molar-refractivity contribution >= 4 is 11.8 Å². The highest BCUT2D eigenvalue weighted by Gasteiger charge is 2.35. The number of benzene rings is 1. The van der Waals surface area contributed by atoms with Crippen molar-refractivity contribution in [3.8, 4) is 5.75 Å². The molecule has 2 unspecified atom stereocenters. The summed E-state index contributed by atoms with van der Waals surface area (Å²) in [6.07, 6.45) is 2.42. The predicted molar refractivity (Wildman–Crippen MR) is 76.9 cm³/mol. The molecule has 1 aliphatic rings. The molecule has 1 heterocycles. The van der Waals surface area contributed by atoms with Gasteiger partial charge in [0.2, 0.25) is 0 Å². The summed E-state index contributed by atoms with van der Waals surface area (Å²) in [6, 6.07) is 8.08. The molecule has 0 aromatic heterocycles. The van der Waals surface area contributed by atoms with E-state index in [2.05, 4.69) is 26.8 Å². The van der Waals surface area contributed by atoms with E-state index in [1.807, 2.05) is 18.2 Å². The van der Waals surface area contributed by atoms with E-state index in [1.165, 1.54) is 0 Å². The van der Waals surface area contributed by atoms with Gasteiger partial charge in [-0.3, -0.25) is 0 Å². The lowest BCUT2D eigenvalue weighted by molar-refractivity contribution is 0.0800. The van der Waals surface area contributed by atoms with Crippen molar-refractivity contribution in [2.45, 2.75) is 37.7 Å². The van der Waals surface area contributed by atoms with Crippen LogP contribution in [0.15, 0.2) is 24.3 Å². The van der Waals surface area contributed by atoms with Gasteiger partial charge in [0.05, 0.1) is 12.7 Å². The molecule has 1 aromatic rings. The van der Waals surface area contributed by atoms with Crippen LogP contribution in [-0.4, -0.2) is 18.5 Å². The Morgan fingerprint density at radius 1 is 1.50 bits per heavy atom. The SMILES string of the molecule is [CH2]C1(c2ccccc2OC(C)CCC)OCCS1. The normalized spacial score (nSPS) is 25.1. The van der Waals surface area contributed by atoms with Crippen molar-refractivity contribution in [1.29, 1.82) is 0 Å². The molecule has 2 nitrogen and oxygen atoms in total. The minimum absolute atomic E-state index is 0.228. The van der Waals surface area contributed by atoms with E-state index in [0.717, 1.165) is 36.5 Å². The van der Waals surface area contributed by atoms with Crippen LogP contribution in [0.25, 0.3) is 0 Å². The molecule has 2 rings (SSSR count). The molecule has 18 heavy (non-hydrogen) atoms. The first-order valence-electron chi connectivity index (χ1n) is 6.55. The first-order chi connectivity index (χ1) is 8.65. The average molecular weight is 265 g/mol. The zero-order valence-corrected chi connectivity index (χ0v) is 12.0. The fourth-order valence-electron chi connectivity index (χ4n) is 2.18. The molecule has 0 bridgehead atoms. The van der Waals surface area contributed by atoms with Crippen molar-refractivity contribution < 1.29 is 9.47 Å². The lowest BCUT2D eigenvalue weighted by atomic mass is 10.1. The fraction of sp³-hybridized carbons (Fsp3) is 0.533. The van der Waals surface area contributed by atoms with Crippen LogP contribution < -0.4 is 4.74 Å². The summed E-state index contributed by atoms with van der Waals surface area (Å²) < 4.78 is 11.8. The van der Waals surface area contributed by atoms with Gasteiger partial charge in [0.1, 0.15) is 10.7 Å². The van der Waals surface area contributed by atoms with Crippen LogP contribution in [0.5, 0.6) is 5.75 Å². The lowest BCUT2D eigenvalue weighted by Gasteiger charge is -2.26. The van der Waals surface area contributed by atoms with Crippen LogP contribution in [0.4, 0.5) is 0 Å². The van der Waals surface area contributed by atoms with E-state index < -0.39 is 4.93 Å². The largest absolute Gasteiger partial charge is 0.490 e. The first kappa shape index (κ1) is 13.8. The third-order valence-electron chi connectivity index (χ3n) is 3.07. The average Bonchev–Trinajstić information content (AvgIpc) is 2.78. The third-order valence-corrected chi connectivity index (χ3v) is 4.25. The predicted octanol–water partition coefficient (Wildman–Crippen LogP) is 4.00. The van der Waals surface area contributed by atoms with Gasteiger partial charge in [-0.25, -0.2) is 0 Å². The van der Waals surface area contributed by atoms with Crippen molar-refractivity contribution in [1.82, 2.24) is 0 Å². The molecule has 1 aromatic carbocycles. The zero-order valence-electron chi connectivity index (χ0n) is 11.1. The van der Waals surface area contributed by atoms with E-state index in [-0.39, 0.29) is 6.10 Å². The Labute approximate surface area is 114 Å². The molecule has 1 aliphatic heterocycles. The first-order valence-corrected chi connectivity index (χ1v) is 7.53. The Morgan fingerprint density at radius 2 is 2.28 bits per heavy atom. The molecule has 1 saturated heterocycles. The standard InChI is InChI=1S/C15H21O2S/c1-4-7-12(2)17-14-9-6-5-8-13(14)15(3)16-10-11-18-15/h5-6,8-9,12H,3-4,7,10-11H2,1-2H3. The summed E-state index contributed by atoms with van der Waals surface area (Å²) in [5, 5.41) is 0. The Hall–Kier alpha value is -0.670. The lowest BCUT2D eigenvalue weighted by Crippen LogP contribution is -2.20. The number of para-hydroxylation sites is 1. The Bertz CT molecular complexity index is 386. The van der Waals surface area contributed by atoms with Gasteiger partial charge in [-0.15, -0.1) is 11.8 Å². The number of ether oxygens (including phenoxy) is 2. The number of thioether (sulfide) groups is 1. The maximum Gasteiger partial charge on any atom is 0.143 e. The van der Waals surface area contributed by atoms with Crippen LogP contribution >= 0.6 is 11.8 Å². The highest BCUT2D eigenvalue weighted by molar-refractivity contribution is 8.00. The van der Waals surface area contributed by atoms with Crippen LogP contribution in [0.1, 0.15) is 32.3 Å².